The maximum Gasteiger partial charge on any atom is 0.387 e. The van der Waals surface area contributed by atoms with Crippen LogP contribution in [0.25, 0.3) is 0 Å². The molecule has 0 atom stereocenters. The summed E-state index contributed by atoms with van der Waals surface area (Å²) in [5, 5.41) is 9.20. The van der Waals surface area contributed by atoms with E-state index in [9.17, 15) is 13.6 Å². The van der Waals surface area contributed by atoms with E-state index in [4.69, 9.17) is 0 Å². The van der Waals surface area contributed by atoms with Gasteiger partial charge in [-0.1, -0.05) is 29.8 Å². The topological polar surface area (TPSA) is 74.8 Å². The molecule has 6 nitrogen and oxygen atoms in total. The molecular weight excluding hydrogens is 529 g/mol. The molecule has 9 heteroatoms. The first-order chi connectivity index (χ1) is 14.6. The van der Waals surface area contributed by atoms with Crippen LogP contribution in [0.4, 0.5) is 8.78 Å². The summed E-state index contributed by atoms with van der Waals surface area (Å²) in [6.45, 7) is 5.48. The lowest BCUT2D eigenvalue weighted by atomic mass is 10.1. The summed E-state index contributed by atoms with van der Waals surface area (Å²) < 4.78 is 29.9. The summed E-state index contributed by atoms with van der Waals surface area (Å²) in [6, 6.07) is 12.3. The van der Waals surface area contributed by atoms with E-state index < -0.39 is 6.61 Å². The number of benzene rings is 2. The molecule has 0 aliphatic heterocycles. The van der Waals surface area contributed by atoms with Gasteiger partial charge in [-0.05, 0) is 51.5 Å². The first kappa shape index (κ1) is 27.6. The average Bonchev–Trinajstić information content (AvgIpc) is 2.68. The molecule has 1 amide bonds. The van der Waals surface area contributed by atoms with Crippen LogP contribution in [0.5, 0.6) is 5.75 Å². The predicted octanol–water partition coefficient (Wildman–Crippen LogP) is 4.61. The minimum Gasteiger partial charge on any atom is -0.434 e. The third-order valence-corrected chi connectivity index (χ3v) is 4.24. The lowest BCUT2D eigenvalue weighted by Crippen LogP contribution is -2.40. The molecule has 2 aromatic rings. The Labute approximate surface area is 205 Å². The molecule has 0 bridgehead atoms. The van der Waals surface area contributed by atoms with Crippen LogP contribution >= 0.6 is 24.0 Å². The van der Waals surface area contributed by atoms with Gasteiger partial charge in [-0.3, -0.25) is 9.79 Å². The normalized spacial score (nSPS) is 11.6. The maximum absolute atomic E-state index is 12.6. The highest BCUT2D eigenvalue weighted by molar-refractivity contribution is 14.0. The van der Waals surface area contributed by atoms with Crippen molar-refractivity contribution in [3.05, 3.63) is 64.7 Å². The molecule has 0 spiro atoms. The number of nitrogens with one attached hydrogen (secondary N) is 3. The van der Waals surface area contributed by atoms with Gasteiger partial charge in [0.05, 0.1) is 0 Å². The molecule has 0 aliphatic rings. The van der Waals surface area contributed by atoms with E-state index in [0.717, 1.165) is 11.1 Å². The second-order valence-electron chi connectivity index (χ2n) is 8.17. The lowest BCUT2D eigenvalue weighted by molar-refractivity contribution is -0.0504. The third-order valence-electron chi connectivity index (χ3n) is 4.24. The zero-order valence-electron chi connectivity index (χ0n) is 19.0. The Morgan fingerprint density at radius 2 is 1.78 bits per heavy atom. The van der Waals surface area contributed by atoms with Gasteiger partial charge in [0, 0.05) is 36.8 Å². The number of rotatable bonds is 7. The van der Waals surface area contributed by atoms with Gasteiger partial charge in [0.2, 0.25) is 0 Å². The molecule has 2 rings (SSSR count). The van der Waals surface area contributed by atoms with E-state index in [0.29, 0.717) is 23.6 Å². The number of carbonyl (C=O) groups is 1. The van der Waals surface area contributed by atoms with Gasteiger partial charge >= 0.3 is 6.61 Å². The summed E-state index contributed by atoms with van der Waals surface area (Å²) in [7, 11) is 1.62. The van der Waals surface area contributed by atoms with E-state index in [1.54, 1.807) is 25.2 Å². The van der Waals surface area contributed by atoms with Crippen LogP contribution in [0.15, 0.2) is 47.5 Å². The fourth-order valence-corrected chi connectivity index (χ4v) is 2.88. The predicted molar refractivity (Wildman–Crippen MR) is 134 cm³/mol. The highest BCUT2D eigenvalue weighted by Crippen LogP contribution is 2.22. The van der Waals surface area contributed by atoms with Gasteiger partial charge in [-0.25, -0.2) is 0 Å². The van der Waals surface area contributed by atoms with Crippen molar-refractivity contribution >= 4 is 35.8 Å². The molecule has 0 aliphatic carbocycles. The lowest BCUT2D eigenvalue weighted by Gasteiger charge is -2.20. The number of nitrogens with zero attached hydrogens (tertiary/aromatic N) is 1. The van der Waals surface area contributed by atoms with E-state index in [-0.39, 0.29) is 47.7 Å². The molecule has 0 saturated carbocycles. The van der Waals surface area contributed by atoms with Crippen molar-refractivity contribution in [2.75, 3.05) is 7.05 Å². The fourth-order valence-electron chi connectivity index (χ4n) is 2.88. The molecule has 0 aromatic heterocycles. The first-order valence-corrected chi connectivity index (χ1v) is 9.97. The zero-order valence-corrected chi connectivity index (χ0v) is 21.3. The minimum atomic E-state index is -2.89. The van der Waals surface area contributed by atoms with Crippen molar-refractivity contribution in [1.29, 1.82) is 0 Å². The highest BCUT2D eigenvalue weighted by Gasteiger charge is 2.15. The van der Waals surface area contributed by atoms with Crippen molar-refractivity contribution < 1.29 is 18.3 Å². The Hall–Kier alpha value is -2.43. The molecule has 0 unspecified atom stereocenters. The molecule has 3 N–H and O–H groups in total. The standard InChI is InChI=1S/C23H30F2N4O2.HI/c1-15-9-10-19(31-21(24)25)18(11-15)14-28-22(26-5)27-13-16-7-6-8-17(12-16)20(30)29-23(2,3)4;/h6-12,21H,13-14H2,1-5H3,(H,29,30)(H2,26,27,28);1H. The average molecular weight is 560 g/mol. The number of alkyl halides is 2. The molecule has 0 saturated heterocycles. The van der Waals surface area contributed by atoms with Crippen molar-refractivity contribution in [2.45, 2.75) is 52.9 Å². The van der Waals surface area contributed by atoms with E-state index in [2.05, 4.69) is 25.7 Å². The number of ether oxygens (including phenoxy) is 1. The molecule has 0 fully saturated rings. The van der Waals surface area contributed by atoms with Crippen LogP contribution in [0, 0.1) is 6.92 Å². The van der Waals surface area contributed by atoms with E-state index in [1.807, 2.05) is 45.9 Å². The van der Waals surface area contributed by atoms with Crippen LogP contribution in [-0.2, 0) is 13.1 Å². The number of halogens is 3. The Bertz CT molecular complexity index is 930. The van der Waals surface area contributed by atoms with Crippen LogP contribution in [-0.4, -0.2) is 31.1 Å². The number of carbonyl (C=O) groups excluding carboxylic acids is 1. The summed E-state index contributed by atoms with van der Waals surface area (Å²) in [5.74, 6) is 0.484. The summed E-state index contributed by atoms with van der Waals surface area (Å²) in [6.07, 6.45) is 0. The molecule has 32 heavy (non-hydrogen) atoms. The first-order valence-electron chi connectivity index (χ1n) is 9.97. The van der Waals surface area contributed by atoms with Gasteiger partial charge < -0.3 is 20.7 Å². The number of amides is 1. The molecule has 0 heterocycles. The summed E-state index contributed by atoms with van der Waals surface area (Å²) >= 11 is 0. The Balaban J connectivity index is 0.00000512. The Morgan fingerprint density at radius 3 is 2.41 bits per heavy atom. The van der Waals surface area contributed by atoms with Crippen molar-refractivity contribution in [1.82, 2.24) is 16.0 Å². The quantitative estimate of drug-likeness (QED) is 0.263. The molecule has 2 aromatic carbocycles. The monoisotopic (exact) mass is 560 g/mol. The molecule has 176 valence electrons. The SMILES string of the molecule is CN=C(NCc1cccc(C(=O)NC(C)(C)C)c1)NCc1cc(C)ccc1OC(F)F.I. The number of aryl methyl sites for hydroxylation is 1. The van der Waals surface area contributed by atoms with Crippen molar-refractivity contribution in [3.8, 4) is 5.75 Å². The van der Waals surface area contributed by atoms with Crippen LogP contribution < -0.4 is 20.7 Å². The Morgan fingerprint density at radius 1 is 1.09 bits per heavy atom. The fraction of sp³-hybridized carbons (Fsp3) is 0.391. The minimum absolute atomic E-state index is 0. The second kappa shape index (κ2) is 12.6. The van der Waals surface area contributed by atoms with E-state index in [1.165, 1.54) is 6.07 Å². The van der Waals surface area contributed by atoms with Crippen LogP contribution in [0.2, 0.25) is 0 Å². The Kier molecular flexibility index (Phi) is 10.8. The van der Waals surface area contributed by atoms with Gasteiger partial charge in [-0.2, -0.15) is 8.78 Å². The van der Waals surface area contributed by atoms with E-state index >= 15 is 0 Å². The number of guanidine groups is 1. The third kappa shape index (κ3) is 9.37. The number of hydrogen-bond donors (Lipinski definition) is 3. The largest absolute Gasteiger partial charge is 0.434 e. The van der Waals surface area contributed by atoms with Crippen molar-refractivity contribution in [3.63, 3.8) is 0 Å². The highest BCUT2D eigenvalue weighted by atomic mass is 127. The van der Waals surface area contributed by atoms with Crippen LogP contribution in [0.1, 0.15) is 47.8 Å². The van der Waals surface area contributed by atoms with Gasteiger partial charge in [0.15, 0.2) is 5.96 Å². The second-order valence-corrected chi connectivity index (χ2v) is 8.17. The molecular formula is C23H31F2IN4O2. The van der Waals surface area contributed by atoms with Crippen molar-refractivity contribution in [2.24, 2.45) is 4.99 Å². The smallest absolute Gasteiger partial charge is 0.387 e. The van der Waals surface area contributed by atoms with Gasteiger partial charge in [-0.15, -0.1) is 24.0 Å². The van der Waals surface area contributed by atoms with Gasteiger partial charge in [0.25, 0.3) is 5.91 Å². The number of aliphatic imine (C=N–C) groups is 1. The zero-order chi connectivity index (χ0) is 23.0. The molecule has 0 radical (unpaired) electrons. The summed E-state index contributed by atoms with van der Waals surface area (Å²) in [5.41, 5.74) is 2.70. The van der Waals surface area contributed by atoms with Crippen LogP contribution in [0.3, 0.4) is 0 Å². The summed E-state index contributed by atoms with van der Waals surface area (Å²) in [4.78, 5) is 16.5. The number of hydrogen-bond acceptors (Lipinski definition) is 3. The maximum atomic E-state index is 12.6. The van der Waals surface area contributed by atoms with Gasteiger partial charge in [0.1, 0.15) is 5.75 Å².